The van der Waals surface area contributed by atoms with E-state index in [-0.39, 0.29) is 5.41 Å². The molecule has 0 saturated heterocycles. The van der Waals surface area contributed by atoms with Gasteiger partial charge in [0.05, 0.1) is 19.8 Å². The molecule has 3 heteroatoms. The molecule has 1 N–H and O–H groups in total. The fraction of sp³-hybridized carbons (Fsp3) is 0.625. The van der Waals surface area contributed by atoms with Crippen molar-refractivity contribution < 1.29 is 14.6 Å². The first-order chi connectivity index (χ1) is 8.79. The predicted octanol–water partition coefficient (Wildman–Crippen LogP) is 3.07. The second kappa shape index (κ2) is 4.71. The Bertz CT molecular complexity index is 468. The molecule has 0 spiro atoms. The van der Waals surface area contributed by atoms with Crippen molar-refractivity contribution in [2.24, 2.45) is 0 Å². The molecule has 1 aliphatic carbocycles. The molecule has 0 bridgehead atoms. The maximum atomic E-state index is 10.2. The minimum absolute atomic E-state index is 0.0421. The van der Waals surface area contributed by atoms with E-state index in [1.165, 1.54) is 5.56 Å². The Labute approximate surface area is 115 Å². The fourth-order valence-electron chi connectivity index (χ4n) is 2.28. The molecular weight excluding hydrogens is 240 g/mol. The van der Waals surface area contributed by atoms with Gasteiger partial charge in [-0.1, -0.05) is 26.8 Å². The van der Waals surface area contributed by atoms with Crippen molar-refractivity contribution in [2.45, 2.75) is 51.0 Å². The van der Waals surface area contributed by atoms with Crippen LogP contribution in [-0.4, -0.2) is 24.9 Å². The third-order valence-electron chi connectivity index (χ3n) is 3.77. The molecule has 0 atom stereocenters. The lowest BCUT2D eigenvalue weighted by Gasteiger charge is -2.23. The predicted molar refractivity (Wildman–Crippen MR) is 76.1 cm³/mol. The minimum atomic E-state index is -0.533. The van der Waals surface area contributed by atoms with Crippen LogP contribution in [0.5, 0.6) is 11.5 Å². The summed E-state index contributed by atoms with van der Waals surface area (Å²) in [5.41, 5.74) is 1.74. The van der Waals surface area contributed by atoms with Gasteiger partial charge in [-0.15, -0.1) is 0 Å². The first-order valence-corrected chi connectivity index (χ1v) is 6.77. The molecule has 1 saturated carbocycles. The van der Waals surface area contributed by atoms with Crippen LogP contribution in [0.15, 0.2) is 12.1 Å². The summed E-state index contributed by atoms with van der Waals surface area (Å²) in [6.45, 7) is 6.51. The highest BCUT2D eigenvalue weighted by atomic mass is 16.5. The second-order valence-corrected chi connectivity index (χ2v) is 6.52. The average molecular weight is 264 g/mol. The molecule has 1 aromatic rings. The zero-order valence-corrected chi connectivity index (χ0v) is 12.5. The summed E-state index contributed by atoms with van der Waals surface area (Å²) in [5, 5.41) is 10.2. The van der Waals surface area contributed by atoms with Gasteiger partial charge < -0.3 is 14.6 Å². The quantitative estimate of drug-likeness (QED) is 0.908. The lowest BCUT2D eigenvalue weighted by Crippen LogP contribution is -2.16. The van der Waals surface area contributed by atoms with E-state index in [1.54, 1.807) is 14.2 Å². The van der Waals surface area contributed by atoms with Crippen LogP contribution in [0, 0.1) is 0 Å². The van der Waals surface area contributed by atoms with Gasteiger partial charge >= 0.3 is 0 Å². The third kappa shape index (κ3) is 3.03. The van der Waals surface area contributed by atoms with E-state index < -0.39 is 5.60 Å². The largest absolute Gasteiger partial charge is 0.493 e. The van der Waals surface area contributed by atoms with Crippen molar-refractivity contribution in [2.75, 3.05) is 14.2 Å². The Morgan fingerprint density at radius 1 is 1.16 bits per heavy atom. The van der Waals surface area contributed by atoms with Crippen LogP contribution in [0.25, 0.3) is 0 Å². The van der Waals surface area contributed by atoms with Crippen LogP contribution >= 0.6 is 0 Å². The van der Waals surface area contributed by atoms with Gasteiger partial charge in [0.1, 0.15) is 0 Å². The van der Waals surface area contributed by atoms with Crippen LogP contribution in [0.2, 0.25) is 0 Å². The lowest BCUT2D eigenvalue weighted by atomic mass is 9.85. The lowest BCUT2D eigenvalue weighted by molar-refractivity contribution is 0.149. The van der Waals surface area contributed by atoms with Crippen molar-refractivity contribution in [3.8, 4) is 11.5 Å². The number of hydrogen-bond donors (Lipinski definition) is 1. The van der Waals surface area contributed by atoms with Crippen molar-refractivity contribution in [3.63, 3.8) is 0 Å². The van der Waals surface area contributed by atoms with Gasteiger partial charge in [-0.2, -0.15) is 0 Å². The maximum Gasteiger partial charge on any atom is 0.164 e. The monoisotopic (exact) mass is 264 g/mol. The molecule has 0 heterocycles. The minimum Gasteiger partial charge on any atom is -0.493 e. The first-order valence-electron chi connectivity index (χ1n) is 6.77. The van der Waals surface area contributed by atoms with Crippen LogP contribution < -0.4 is 9.47 Å². The molecule has 1 fully saturated rings. The number of hydrogen-bond acceptors (Lipinski definition) is 3. The molecule has 1 aromatic carbocycles. The molecule has 0 radical (unpaired) electrons. The Balaban J connectivity index is 2.48. The van der Waals surface area contributed by atoms with Gasteiger partial charge in [-0.05, 0) is 29.9 Å². The summed E-state index contributed by atoms with van der Waals surface area (Å²) < 4.78 is 10.9. The van der Waals surface area contributed by atoms with E-state index in [0.29, 0.717) is 6.42 Å². The zero-order chi connectivity index (χ0) is 14.3. The van der Waals surface area contributed by atoms with Crippen molar-refractivity contribution in [1.29, 1.82) is 0 Å². The van der Waals surface area contributed by atoms with E-state index in [9.17, 15) is 5.11 Å². The molecule has 19 heavy (non-hydrogen) atoms. The molecule has 0 aliphatic heterocycles. The van der Waals surface area contributed by atoms with Crippen molar-refractivity contribution in [1.82, 2.24) is 0 Å². The molecular formula is C16H24O3. The molecule has 2 rings (SSSR count). The van der Waals surface area contributed by atoms with Crippen LogP contribution in [0.4, 0.5) is 0 Å². The average Bonchev–Trinajstić information content (AvgIpc) is 3.04. The molecule has 1 aliphatic rings. The summed E-state index contributed by atoms with van der Waals surface area (Å²) >= 11 is 0. The summed E-state index contributed by atoms with van der Waals surface area (Å²) in [4.78, 5) is 0. The van der Waals surface area contributed by atoms with Crippen molar-refractivity contribution in [3.05, 3.63) is 23.3 Å². The van der Waals surface area contributed by atoms with Gasteiger partial charge in [0, 0.05) is 12.0 Å². The summed E-state index contributed by atoms with van der Waals surface area (Å²) in [7, 11) is 3.30. The number of methoxy groups -OCH3 is 2. The number of rotatable bonds is 4. The maximum absolute atomic E-state index is 10.2. The summed E-state index contributed by atoms with van der Waals surface area (Å²) in [6, 6.07) is 4.16. The van der Waals surface area contributed by atoms with Gasteiger partial charge in [-0.25, -0.2) is 0 Å². The van der Waals surface area contributed by atoms with E-state index in [1.807, 2.05) is 6.07 Å². The summed E-state index contributed by atoms with van der Waals surface area (Å²) in [6.07, 6.45) is 2.38. The van der Waals surface area contributed by atoms with Crippen LogP contribution in [0.1, 0.15) is 44.7 Å². The Kier molecular flexibility index (Phi) is 3.52. The molecule has 3 nitrogen and oxygen atoms in total. The smallest absolute Gasteiger partial charge is 0.164 e. The van der Waals surface area contributed by atoms with E-state index in [4.69, 9.17) is 9.47 Å². The molecule has 0 unspecified atom stereocenters. The molecule has 0 amide bonds. The van der Waals surface area contributed by atoms with Gasteiger partial charge in [0.2, 0.25) is 0 Å². The topological polar surface area (TPSA) is 38.7 Å². The second-order valence-electron chi connectivity index (χ2n) is 6.52. The Morgan fingerprint density at radius 2 is 1.79 bits per heavy atom. The highest BCUT2D eigenvalue weighted by molar-refractivity contribution is 5.51. The third-order valence-corrected chi connectivity index (χ3v) is 3.77. The number of aliphatic hydroxyl groups is 1. The Morgan fingerprint density at radius 3 is 2.21 bits per heavy atom. The molecule has 106 valence electrons. The van der Waals surface area contributed by atoms with Crippen molar-refractivity contribution >= 4 is 0 Å². The van der Waals surface area contributed by atoms with E-state index in [2.05, 4.69) is 26.8 Å². The zero-order valence-electron chi connectivity index (χ0n) is 12.5. The SMILES string of the molecule is COc1cc(C(C)(C)C)cc(CC2(O)CC2)c1OC. The highest BCUT2D eigenvalue weighted by Crippen LogP contribution is 2.44. The molecule has 0 aromatic heterocycles. The standard InChI is InChI=1S/C16H24O3/c1-15(2,3)12-8-11(10-16(17)6-7-16)14(19-5)13(9-12)18-4/h8-9,17H,6-7,10H2,1-5H3. The van der Waals surface area contributed by atoms with E-state index in [0.717, 1.165) is 29.9 Å². The summed E-state index contributed by atoms with van der Waals surface area (Å²) in [5.74, 6) is 1.49. The number of benzene rings is 1. The van der Waals surface area contributed by atoms with Gasteiger partial charge in [0.15, 0.2) is 11.5 Å². The van der Waals surface area contributed by atoms with Gasteiger partial charge in [-0.3, -0.25) is 0 Å². The van der Waals surface area contributed by atoms with Crippen LogP contribution in [0.3, 0.4) is 0 Å². The van der Waals surface area contributed by atoms with Gasteiger partial charge in [0.25, 0.3) is 0 Å². The fourth-order valence-corrected chi connectivity index (χ4v) is 2.28. The first kappa shape index (κ1) is 14.2. The highest BCUT2D eigenvalue weighted by Gasteiger charge is 2.41. The normalized spacial score (nSPS) is 17.2. The van der Waals surface area contributed by atoms with Crippen LogP contribution in [-0.2, 0) is 11.8 Å². The Hall–Kier alpha value is -1.22. The van der Waals surface area contributed by atoms with E-state index >= 15 is 0 Å². The number of ether oxygens (including phenoxy) is 2.